The Hall–Kier alpha value is -2.18. The van der Waals surface area contributed by atoms with Gasteiger partial charge in [0.15, 0.2) is 5.82 Å². The van der Waals surface area contributed by atoms with E-state index in [0.717, 1.165) is 36.0 Å². The fraction of sp³-hybridized carbons (Fsp3) is 0.250. The fourth-order valence-electron chi connectivity index (χ4n) is 2.73. The second kappa shape index (κ2) is 5.79. The summed E-state index contributed by atoms with van der Waals surface area (Å²) in [6.07, 6.45) is 6.47. The van der Waals surface area contributed by atoms with Gasteiger partial charge in [-0.05, 0) is 37.0 Å². The Morgan fingerprint density at radius 2 is 1.83 bits per heavy atom. The molecule has 5 nitrogen and oxygen atoms in total. The summed E-state index contributed by atoms with van der Waals surface area (Å²) in [7, 11) is 0. The predicted octanol–water partition coefficient (Wildman–Crippen LogP) is 3.63. The van der Waals surface area contributed by atoms with Crippen LogP contribution in [0.15, 0.2) is 41.2 Å². The van der Waals surface area contributed by atoms with Crippen molar-refractivity contribution < 1.29 is 8.91 Å². The monoisotopic (exact) mass is 334 g/mol. The highest BCUT2D eigenvalue weighted by Crippen LogP contribution is 2.38. The van der Waals surface area contributed by atoms with Gasteiger partial charge in [0.25, 0.3) is 5.89 Å². The Bertz CT molecular complexity index is 808. The van der Waals surface area contributed by atoms with Crippen LogP contribution < -0.4 is 5.73 Å². The SMILES string of the molecule is Cl.NC1(c2noc(-c3c[nH]cc3-c3ccc(F)cc3)n2)CCC1. The highest BCUT2D eigenvalue weighted by atomic mass is 35.5. The van der Waals surface area contributed by atoms with E-state index in [1.165, 1.54) is 12.1 Å². The largest absolute Gasteiger partial charge is 0.366 e. The second-order valence-electron chi connectivity index (χ2n) is 5.72. The smallest absolute Gasteiger partial charge is 0.260 e. The Kier molecular flexibility index (Phi) is 3.95. The minimum Gasteiger partial charge on any atom is -0.366 e. The number of hydrogen-bond acceptors (Lipinski definition) is 4. The van der Waals surface area contributed by atoms with E-state index >= 15 is 0 Å². The van der Waals surface area contributed by atoms with Crippen molar-refractivity contribution in [2.45, 2.75) is 24.8 Å². The van der Waals surface area contributed by atoms with Gasteiger partial charge < -0.3 is 15.2 Å². The summed E-state index contributed by atoms with van der Waals surface area (Å²) in [5.74, 6) is 0.711. The lowest BCUT2D eigenvalue weighted by atomic mass is 9.77. The highest BCUT2D eigenvalue weighted by molar-refractivity contribution is 5.85. The summed E-state index contributed by atoms with van der Waals surface area (Å²) in [6.45, 7) is 0. The number of benzene rings is 1. The molecule has 2 heterocycles. The summed E-state index contributed by atoms with van der Waals surface area (Å²) in [5, 5.41) is 4.03. The summed E-state index contributed by atoms with van der Waals surface area (Å²) in [4.78, 5) is 7.49. The van der Waals surface area contributed by atoms with Crippen LogP contribution in [-0.2, 0) is 5.54 Å². The van der Waals surface area contributed by atoms with Gasteiger partial charge in [-0.1, -0.05) is 17.3 Å². The lowest BCUT2D eigenvalue weighted by Gasteiger charge is -2.34. The fourth-order valence-corrected chi connectivity index (χ4v) is 2.73. The van der Waals surface area contributed by atoms with E-state index in [9.17, 15) is 4.39 Å². The van der Waals surface area contributed by atoms with Crippen molar-refractivity contribution in [1.29, 1.82) is 0 Å². The minimum absolute atomic E-state index is 0. The molecule has 7 heteroatoms. The van der Waals surface area contributed by atoms with Crippen molar-refractivity contribution in [3.05, 3.63) is 48.3 Å². The van der Waals surface area contributed by atoms with Gasteiger partial charge in [-0.25, -0.2) is 4.39 Å². The molecule has 1 saturated carbocycles. The number of H-pyrrole nitrogens is 1. The van der Waals surface area contributed by atoms with Gasteiger partial charge >= 0.3 is 0 Å². The van der Waals surface area contributed by atoms with Gasteiger partial charge in [-0.2, -0.15) is 4.98 Å². The van der Waals surface area contributed by atoms with Crippen LogP contribution in [0.2, 0.25) is 0 Å². The van der Waals surface area contributed by atoms with Gasteiger partial charge in [-0.3, -0.25) is 0 Å². The lowest BCUT2D eigenvalue weighted by molar-refractivity contribution is 0.229. The number of nitrogens with two attached hydrogens (primary N) is 1. The molecule has 0 bridgehead atoms. The number of aromatic amines is 1. The van der Waals surface area contributed by atoms with Gasteiger partial charge in [0.05, 0.1) is 11.1 Å². The summed E-state index contributed by atoms with van der Waals surface area (Å²) in [5.41, 5.74) is 8.32. The minimum atomic E-state index is -0.450. The quantitative estimate of drug-likeness (QED) is 0.766. The number of nitrogens with zero attached hydrogens (tertiary/aromatic N) is 2. The first-order chi connectivity index (χ1) is 10.7. The number of halogens is 2. The van der Waals surface area contributed by atoms with Crippen molar-refractivity contribution in [2.24, 2.45) is 5.73 Å². The van der Waals surface area contributed by atoms with Crippen LogP contribution in [0.25, 0.3) is 22.6 Å². The van der Waals surface area contributed by atoms with Crippen LogP contribution in [-0.4, -0.2) is 15.1 Å². The molecule has 120 valence electrons. The van der Waals surface area contributed by atoms with Crippen LogP contribution in [0.3, 0.4) is 0 Å². The number of hydrogen-bond donors (Lipinski definition) is 2. The highest BCUT2D eigenvalue weighted by Gasteiger charge is 2.39. The maximum Gasteiger partial charge on any atom is 0.260 e. The molecule has 0 radical (unpaired) electrons. The van der Waals surface area contributed by atoms with Crippen molar-refractivity contribution in [3.63, 3.8) is 0 Å². The first kappa shape index (κ1) is 15.7. The van der Waals surface area contributed by atoms with Crippen molar-refractivity contribution in [3.8, 4) is 22.6 Å². The molecule has 1 aliphatic carbocycles. The van der Waals surface area contributed by atoms with Gasteiger partial charge in [0.1, 0.15) is 5.82 Å². The van der Waals surface area contributed by atoms with Crippen molar-refractivity contribution in [1.82, 2.24) is 15.1 Å². The molecule has 0 saturated heterocycles. The molecular weight excluding hydrogens is 319 g/mol. The number of rotatable bonds is 3. The average molecular weight is 335 g/mol. The second-order valence-corrected chi connectivity index (χ2v) is 5.72. The summed E-state index contributed by atoms with van der Waals surface area (Å²) >= 11 is 0. The molecule has 1 fully saturated rings. The standard InChI is InChI=1S/C16H15FN4O.ClH/c17-11-4-2-10(3-5-11)12-8-19-9-13(12)14-20-15(21-22-14)16(18)6-1-7-16;/h2-5,8-9,19H,1,6-7,18H2;1H. The van der Waals surface area contributed by atoms with Crippen molar-refractivity contribution in [2.75, 3.05) is 0 Å². The molecule has 3 N–H and O–H groups in total. The van der Waals surface area contributed by atoms with Crippen LogP contribution in [0.5, 0.6) is 0 Å². The molecule has 23 heavy (non-hydrogen) atoms. The van der Waals surface area contributed by atoms with Crippen LogP contribution in [0.1, 0.15) is 25.1 Å². The zero-order chi connectivity index (χ0) is 15.2. The van der Waals surface area contributed by atoms with E-state index in [1.54, 1.807) is 18.3 Å². The van der Waals surface area contributed by atoms with Gasteiger partial charge in [0.2, 0.25) is 0 Å². The zero-order valence-electron chi connectivity index (χ0n) is 12.3. The molecular formula is C16H16ClFN4O. The lowest BCUT2D eigenvalue weighted by Crippen LogP contribution is -2.44. The van der Waals surface area contributed by atoms with Gasteiger partial charge in [0, 0.05) is 18.0 Å². The molecule has 3 aromatic rings. The Balaban J connectivity index is 0.00000156. The number of nitrogens with one attached hydrogen (secondary N) is 1. The molecule has 2 aromatic heterocycles. The zero-order valence-corrected chi connectivity index (χ0v) is 13.1. The Labute approximate surface area is 138 Å². The molecule has 0 spiro atoms. The maximum atomic E-state index is 13.1. The van der Waals surface area contributed by atoms with E-state index in [-0.39, 0.29) is 18.2 Å². The van der Waals surface area contributed by atoms with Crippen LogP contribution in [0, 0.1) is 5.82 Å². The van der Waals surface area contributed by atoms with E-state index in [4.69, 9.17) is 10.3 Å². The summed E-state index contributed by atoms with van der Waals surface area (Å²) < 4.78 is 18.5. The average Bonchev–Trinajstić information content (AvgIpc) is 3.14. The molecule has 0 unspecified atom stereocenters. The van der Waals surface area contributed by atoms with E-state index in [2.05, 4.69) is 15.1 Å². The third-order valence-electron chi connectivity index (χ3n) is 4.25. The van der Waals surface area contributed by atoms with Crippen LogP contribution >= 0.6 is 12.4 Å². The van der Waals surface area contributed by atoms with Gasteiger partial charge in [-0.15, -0.1) is 12.4 Å². The molecule has 0 amide bonds. The topological polar surface area (TPSA) is 80.7 Å². The van der Waals surface area contributed by atoms with Crippen LogP contribution in [0.4, 0.5) is 4.39 Å². The summed E-state index contributed by atoms with van der Waals surface area (Å²) in [6, 6.07) is 6.29. The Morgan fingerprint density at radius 1 is 1.13 bits per heavy atom. The predicted molar refractivity (Wildman–Crippen MR) is 86.4 cm³/mol. The molecule has 0 aliphatic heterocycles. The van der Waals surface area contributed by atoms with E-state index < -0.39 is 5.54 Å². The number of aromatic nitrogens is 3. The molecule has 1 aliphatic rings. The molecule has 4 rings (SSSR count). The Morgan fingerprint density at radius 3 is 2.48 bits per heavy atom. The van der Waals surface area contributed by atoms with E-state index in [0.29, 0.717) is 11.7 Å². The maximum absolute atomic E-state index is 13.1. The first-order valence-electron chi connectivity index (χ1n) is 7.22. The third-order valence-corrected chi connectivity index (χ3v) is 4.25. The molecule has 1 aromatic carbocycles. The molecule has 0 atom stereocenters. The normalized spacial score (nSPS) is 15.7. The third kappa shape index (κ3) is 2.64. The van der Waals surface area contributed by atoms with Crippen molar-refractivity contribution >= 4 is 12.4 Å². The first-order valence-corrected chi connectivity index (χ1v) is 7.22. The van der Waals surface area contributed by atoms with E-state index in [1.807, 2.05) is 6.20 Å².